The molecule has 7 nitrogen and oxygen atoms in total. The van der Waals surface area contributed by atoms with Gasteiger partial charge in [0.15, 0.2) is 5.65 Å². The minimum Gasteiger partial charge on any atom is -0.467 e. The molecule has 1 aliphatic carbocycles. The molecule has 3 heterocycles. The van der Waals surface area contributed by atoms with Gasteiger partial charge in [-0.1, -0.05) is 12.8 Å². The van der Waals surface area contributed by atoms with Crippen LogP contribution in [0, 0.1) is 0 Å². The minimum absolute atomic E-state index is 0.176. The van der Waals surface area contributed by atoms with Crippen LogP contribution in [-0.4, -0.2) is 51.0 Å². The van der Waals surface area contributed by atoms with E-state index in [0.29, 0.717) is 24.6 Å². The van der Waals surface area contributed by atoms with Crippen molar-refractivity contribution >= 4 is 23.0 Å². The lowest BCUT2D eigenvalue weighted by atomic mass is 10.0. The monoisotopic (exact) mass is 356 g/mol. The molecule has 1 amide bonds. The van der Waals surface area contributed by atoms with Gasteiger partial charge in [0.05, 0.1) is 19.0 Å². The number of amides is 1. The van der Waals surface area contributed by atoms with Crippen LogP contribution in [0.15, 0.2) is 18.6 Å². The van der Waals surface area contributed by atoms with Crippen molar-refractivity contribution in [1.29, 1.82) is 0 Å². The third kappa shape index (κ3) is 2.95. The van der Waals surface area contributed by atoms with E-state index < -0.39 is 6.04 Å². The van der Waals surface area contributed by atoms with Gasteiger partial charge in [-0.3, -0.25) is 4.79 Å². The molecule has 4 rings (SSSR count). The van der Waals surface area contributed by atoms with E-state index in [1.807, 2.05) is 6.33 Å². The smallest absolute Gasteiger partial charge is 0.328 e. The van der Waals surface area contributed by atoms with Crippen molar-refractivity contribution < 1.29 is 14.3 Å². The van der Waals surface area contributed by atoms with E-state index in [4.69, 9.17) is 4.74 Å². The van der Waals surface area contributed by atoms with Crippen LogP contribution in [-0.2, 0) is 9.53 Å². The van der Waals surface area contributed by atoms with E-state index in [1.165, 1.54) is 20.0 Å². The summed E-state index contributed by atoms with van der Waals surface area (Å²) in [5.74, 6) is -0.525. The van der Waals surface area contributed by atoms with Crippen molar-refractivity contribution in [3.05, 3.63) is 24.2 Å². The number of nitrogens with zero attached hydrogens (tertiary/aromatic N) is 4. The van der Waals surface area contributed by atoms with Gasteiger partial charge in [-0.2, -0.15) is 0 Å². The fraction of sp³-hybridized carbons (Fsp3) is 0.579. The number of carbonyl (C=O) groups is 2. The van der Waals surface area contributed by atoms with Crippen LogP contribution in [0.4, 0.5) is 0 Å². The van der Waals surface area contributed by atoms with Crippen molar-refractivity contribution in [3.8, 4) is 0 Å². The number of fused-ring (bicyclic) bond motifs is 1. The van der Waals surface area contributed by atoms with Crippen molar-refractivity contribution in [1.82, 2.24) is 19.4 Å². The summed E-state index contributed by atoms with van der Waals surface area (Å²) >= 11 is 0. The standard InChI is InChI=1S/C19H24N4O3/c1-26-19(25)16-8-4-5-9-22(16)18(24)13-10-15-17(20-11-13)23(12-21-15)14-6-2-3-7-14/h10-12,14,16H,2-9H2,1H3. The van der Waals surface area contributed by atoms with Gasteiger partial charge in [-0.25, -0.2) is 14.8 Å². The van der Waals surface area contributed by atoms with Crippen LogP contribution in [0.1, 0.15) is 61.3 Å². The van der Waals surface area contributed by atoms with E-state index in [2.05, 4.69) is 14.5 Å². The predicted octanol–water partition coefficient (Wildman–Crippen LogP) is 2.71. The van der Waals surface area contributed by atoms with Crippen LogP contribution < -0.4 is 0 Å². The van der Waals surface area contributed by atoms with E-state index in [0.717, 1.165) is 36.8 Å². The number of imidazole rings is 1. The van der Waals surface area contributed by atoms with E-state index in [9.17, 15) is 9.59 Å². The first-order valence-electron chi connectivity index (χ1n) is 9.40. The molecule has 7 heteroatoms. The summed E-state index contributed by atoms with van der Waals surface area (Å²) in [5, 5.41) is 0. The maximum Gasteiger partial charge on any atom is 0.328 e. The van der Waals surface area contributed by atoms with Crippen molar-refractivity contribution in [3.63, 3.8) is 0 Å². The predicted molar refractivity (Wildman–Crippen MR) is 95.7 cm³/mol. The number of hydrogen-bond acceptors (Lipinski definition) is 5. The Bertz CT molecular complexity index is 825. The van der Waals surface area contributed by atoms with Crippen molar-refractivity contribution in [2.24, 2.45) is 0 Å². The lowest BCUT2D eigenvalue weighted by Gasteiger charge is -2.33. The summed E-state index contributed by atoms with van der Waals surface area (Å²) < 4.78 is 7.01. The second-order valence-electron chi connectivity index (χ2n) is 7.19. The summed E-state index contributed by atoms with van der Waals surface area (Å²) in [7, 11) is 1.36. The molecule has 0 radical (unpaired) electrons. The Kier molecular flexibility index (Phi) is 4.61. The van der Waals surface area contributed by atoms with Gasteiger partial charge >= 0.3 is 5.97 Å². The summed E-state index contributed by atoms with van der Waals surface area (Å²) in [5.41, 5.74) is 2.04. The minimum atomic E-state index is -0.506. The molecule has 2 aromatic rings. The van der Waals surface area contributed by atoms with Gasteiger partial charge < -0.3 is 14.2 Å². The number of piperidine rings is 1. The highest BCUT2D eigenvalue weighted by molar-refractivity contribution is 5.98. The molecule has 0 aromatic carbocycles. The molecule has 0 N–H and O–H groups in total. The van der Waals surface area contributed by atoms with Crippen molar-refractivity contribution in [2.75, 3.05) is 13.7 Å². The molecule has 26 heavy (non-hydrogen) atoms. The average molecular weight is 356 g/mol. The quantitative estimate of drug-likeness (QED) is 0.790. The van der Waals surface area contributed by atoms with Crippen molar-refractivity contribution in [2.45, 2.75) is 57.0 Å². The zero-order valence-corrected chi connectivity index (χ0v) is 15.1. The van der Waals surface area contributed by atoms with Crippen LogP contribution in [0.3, 0.4) is 0 Å². The molecule has 2 aromatic heterocycles. The molecule has 1 aliphatic heterocycles. The fourth-order valence-electron chi connectivity index (χ4n) is 4.21. The normalized spacial score (nSPS) is 21.3. The number of carbonyl (C=O) groups excluding carboxylic acids is 2. The first kappa shape index (κ1) is 17.0. The fourth-order valence-corrected chi connectivity index (χ4v) is 4.21. The highest BCUT2D eigenvalue weighted by Gasteiger charge is 2.33. The van der Waals surface area contributed by atoms with Gasteiger partial charge in [0.2, 0.25) is 0 Å². The van der Waals surface area contributed by atoms with E-state index in [1.54, 1.807) is 17.2 Å². The third-order valence-corrected chi connectivity index (χ3v) is 5.61. The summed E-state index contributed by atoms with van der Waals surface area (Å²) in [6, 6.07) is 1.74. The van der Waals surface area contributed by atoms with Gasteiger partial charge in [0, 0.05) is 18.8 Å². The molecular weight excluding hydrogens is 332 g/mol. The van der Waals surface area contributed by atoms with Gasteiger partial charge in [0.25, 0.3) is 5.91 Å². The molecule has 1 saturated carbocycles. The Balaban J connectivity index is 1.61. The Labute approximate surface area is 152 Å². The number of ether oxygens (including phenoxy) is 1. The second-order valence-corrected chi connectivity index (χ2v) is 7.19. The highest BCUT2D eigenvalue weighted by Crippen LogP contribution is 2.31. The first-order valence-corrected chi connectivity index (χ1v) is 9.40. The van der Waals surface area contributed by atoms with Gasteiger partial charge in [-0.15, -0.1) is 0 Å². The van der Waals surface area contributed by atoms with Crippen LogP contribution in [0.5, 0.6) is 0 Å². The maximum absolute atomic E-state index is 13.0. The lowest BCUT2D eigenvalue weighted by molar-refractivity contribution is -0.147. The number of esters is 1. The van der Waals surface area contributed by atoms with Gasteiger partial charge in [-0.05, 0) is 38.2 Å². The lowest BCUT2D eigenvalue weighted by Crippen LogP contribution is -2.48. The van der Waals surface area contributed by atoms with E-state index in [-0.39, 0.29) is 11.9 Å². The van der Waals surface area contributed by atoms with Crippen LogP contribution in [0.2, 0.25) is 0 Å². The third-order valence-electron chi connectivity index (χ3n) is 5.61. The molecule has 2 fully saturated rings. The number of likely N-dealkylation sites (tertiary alicyclic amines) is 1. The Morgan fingerprint density at radius 3 is 2.65 bits per heavy atom. The largest absolute Gasteiger partial charge is 0.467 e. The number of rotatable bonds is 3. The molecule has 0 bridgehead atoms. The number of hydrogen-bond donors (Lipinski definition) is 0. The zero-order chi connectivity index (χ0) is 18.1. The Hall–Kier alpha value is -2.44. The molecule has 1 atom stereocenters. The molecule has 2 aliphatic rings. The summed E-state index contributed by atoms with van der Waals surface area (Å²) in [4.78, 5) is 35.6. The molecule has 1 unspecified atom stereocenters. The number of pyridine rings is 1. The molecule has 1 saturated heterocycles. The SMILES string of the molecule is COC(=O)C1CCCCN1C(=O)c1cnc2c(c1)ncn2C1CCCC1. The first-order chi connectivity index (χ1) is 12.7. The van der Waals surface area contributed by atoms with Crippen LogP contribution in [0.25, 0.3) is 11.2 Å². The number of aromatic nitrogens is 3. The molecular formula is C19H24N4O3. The number of methoxy groups -OCH3 is 1. The Morgan fingerprint density at radius 1 is 1.12 bits per heavy atom. The van der Waals surface area contributed by atoms with Crippen LogP contribution >= 0.6 is 0 Å². The topological polar surface area (TPSA) is 77.3 Å². The summed E-state index contributed by atoms with van der Waals surface area (Å²) in [6.07, 6.45) is 10.7. The second kappa shape index (κ2) is 7.05. The summed E-state index contributed by atoms with van der Waals surface area (Å²) in [6.45, 7) is 0.563. The Morgan fingerprint density at radius 2 is 1.88 bits per heavy atom. The highest BCUT2D eigenvalue weighted by atomic mass is 16.5. The van der Waals surface area contributed by atoms with Gasteiger partial charge in [0.1, 0.15) is 11.6 Å². The van der Waals surface area contributed by atoms with E-state index >= 15 is 0 Å². The zero-order valence-electron chi connectivity index (χ0n) is 15.1. The molecule has 0 spiro atoms. The maximum atomic E-state index is 13.0. The molecule has 138 valence electrons. The average Bonchev–Trinajstić information content (AvgIpc) is 3.35.